The summed E-state index contributed by atoms with van der Waals surface area (Å²) in [5, 5.41) is 1.39. The van der Waals surface area contributed by atoms with Gasteiger partial charge in [-0.3, -0.25) is 0 Å². The Labute approximate surface area is 130 Å². The van der Waals surface area contributed by atoms with E-state index in [4.69, 9.17) is 11.6 Å². The van der Waals surface area contributed by atoms with Crippen molar-refractivity contribution in [3.8, 4) is 0 Å². The average molecular weight is 307 g/mol. The summed E-state index contributed by atoms with van der Waals surface area (Å²) >= 11 is 7.77. The first kappa shape index (κ1) is 15.3. The van der Waals surface area contributed by atoms with Gasteiger partial charge < -0.3 is 0 Å². The van der Waals surface area contributed by atoms with Crippen LogP contribution < -0.4 is 0 Å². The van der Waals surface area contributed by atoms with Gasteiger partial charge in [0.25, 0.3) is 0 Å². The highest BCUT2D eigenvalue weighted by Crippen LogP contribution is 2.32. The number of aryl methyl sites for hydroxylation is 2. The van der Waals surface area contributed by atoms with Crippen molar-refractivity contribution in [2.24, 2.45) is 0 Å². The van der Waals surface area contributed by atoms with Crippen molar-refractivity contribution >= 4 is 23.4 Å². The number of nitrogens with zero attached hydrogens (tertiary/aromatic N) is 2. The highest BCUT2D eigenvalue weighted by atomic mass is 35.5. The third-order valence-electron chi connectivity index (χ3n) is 2.90. The monoisotopic (exact) mass is 306 g/mol. The highest BCUT2D eigenvalue weighted by Gasteiger charge is 2.19. The predicted octanol–water partition coefficient (Wildman–Crippen LogP) is 5.20. The molecule has 2 nitrogen and oxygen atoms in total. The lowest BCUT2D eigenvalue weighted by Gasteiger charge is -2.17. The molecule has 0 bridgehead atoms. The zero-order valence-electron chi connectivity index (χ0n) is 12.5. The van der Waals surface area contributed by atoms with Crippen molar-refractivity contribution in [1.29, 1.82) is 0 Å². The Kier molecular flexibility index (Phi) is 4.40. The SMILES string of the molecule is Cc1ccc(C)c(Sc2cc(Cl)nc(C(C)(C)C)n2)c1. The smallest absolute Gasteiger partial charge is 0.136 e. The van der Waals surface area contributed by atoms with Gasteiger partial charge in [0.15, 0.2) is 0 Å². The van der Waals surface area contributed by atoms with E-state index >= 15 is 0 Å². The molecule has 0 fully saturated rings. The highest BCUT2D eigenvalue weighted by molar-refractivity contribution is 7.99. The Bertz CT molecular complexity index is 633. The van der Waals surface area contributed by atoms with Crippen LogP contribution in [0, 0.1) is 13.8 Å². The fourth-order valence-electron chi connectivity index (χ4n) is 1.71. The van der Waals surface area contributed by atoms with E-state index in [-0.39, 0.29) is 5.41 Å². The molecule has 0 aliphatic heterocycles. The summed E-state index contributed by atoms with van der Waals surface area (Å²) in [5.74, 6) is 0.776. The van der Waals surface area contributed by atoms with Crippen LogP contribution in [0.1, 0.15) is 37.7 Å². The van der Waals surface area contributed by atoms with Crippen molar-refractivity contribution < 1.29 is 0 Å². The second-order valence-electron chi connectivity index (χ2n) is 5.97. The van der Waals surface area contributed by atoms with Crippen LogP contribution in [0.25, 0.3) is 0 Å². The molecule has 0 amide bonds. The van der Waals surface area contributed by atoms with E-state index in [1.165, 1.54) is 16.0 Å². The van der Waals surface area contributed by atoms with Crippen LogP contribution in [-0.4, -0.2) is 9.97 Å². The molecule has 0 aliphatic rings. The van der Waals surface area contributed by atoms with Crippen molar-refractivity contribution in [1.82, 2.24) is 9.97 Å². The molecule has 106 valence electrons. The van der Waals surface area contributed by atoms with Crippen molar-refractivity contribution in [3.63, 3.8) is 0 Å². The first-order chi connectivity index (χ1) is 9.25. The molecule has 0 atom stereocenters. The van der Waals surface area contributed by atoms with Gasteiger partial charge in [0, 0.05) is 16.4 Å². The summed E-state index contributed by atoms with van der Waals surface area (Å²) < 4.78 is 0. The van der Waals surface area contributed by atoms with Gasteiger partial charge in [0.05, 0.1) is 0 Å². The Morgan fingerprint density at radius 1 is 1.05 bits per heavy atom. The Morgan fingerprint density at radius 3 is 2.40 bits per heavy atom. The van der Waals surface area contributed by atoms with Gasteiger partial charge in [0.1, 0.15) is 16.0 Å². The van der Waals surface area contributed by atoms with E-state index in [1.54, 1.807) is 11.8 Å². The molecule has 0 saturated carbocycles. The van der Waals surface area contributed by atoms with Gasteiger partial charge in [-0.15, -0.1) is 0 Å². The van der Waals surface area contributed by atoms with Gasteiger partial charge in [-0.05, 0) is 31.0 Å². The molecular weight excluding hydrogens is 288 g/mol. The van der Waals surface area contributed by atoms with E-state index in [2.05, 4.69) is 62.8 Å². The number of rotatable bonds is 2. The van der Waals surface area contributed by atoms with E-state index in [0.29, 0.717) is 5.15 Å². The van der Waals surface area contributed by atoms with Crippen molar-refractivity contribution in [3.05, 3.63) is 46.4 Å². The average Bonchev–Trinajstić information content (AvgIpc) is 2.32. The number of halogens is 1. The fraction of sp³-hybridized carbons (Fsp3) is 0.375. The Morgan fingerprint density at radius 2 is 1.75 bits per heavy atom. The summed E-state index contributed by atoms with van der Waals surface area (Å²) in [6.45, 7) is 10.5. The molecule has 0 N–H and O–H groups in total. The molecule has 20 heavy (non-hydrogen) atoms. The minimum absolute atomic E-state index is 0.109. The largest absolute Gasteiger partial charge is 0.226 e. The third-order valence-corrected chi connectivity index (χ3v) is 4.17. The zero-order chi connectivity index (χ0) is 14.9. The minimum Gasteiger partial charge on any atom is -0.226 e. The van der Waals surface area contributed by atoms with E-state index in [9.17, 15) is 0 Å². The van der Waals surface area contributed by atoms with E-state index < -0.39 is 0 Å². The normalized spacial score (nSPS) is 11.7. The summed E-state index contributed by atoms with van der Waals surface area (Å²) in [6.07, 6.45) is 0. The molecule has 0 saturated heterocycles. The molecule has 0 radical (unpaired) electrons. The zero-order valence-corrected chi connectivity index (χ0v) is 14.1. The standard InChI is InChI=1S/C16H19ClN2S/c1-10-6-7-11(2)12(8-10)20-14-9-13(17)18-15(19-14)16(3,4)5/h6-9H,1-5H3. The number of hydrogen-bond acceptors (Lipinski definition) is 3. The quantitative estimate of drug-likeness (QED) is 0.714. The molecule has 1 aromatic carbocycles. The molecule has 4 heteroatoms. The van der Waals surface area contributed by atoms with Gasteiger partial charge in [-0.25, -0.2) is 9.97 Å². The molecule has 1 heterocycles. The molecule has 2 rings (SSSR count). The van der Waals surface area contributed by atoms with Crippen LogP contribution in [0.2, 0.25) is 5.15 Å². The first-order valence-corrected chi connectivity index (χ1v) is 7.75. The molecule has 0 unspecified atom stereocenters. The van der Waals surface area contributed by atoms with Gasteiger partial charge in [-0.1, -0.05) is 56.3 Å². The molecule has 0 spiro atoms. The van der Waals surface area contributed by atoms with Crippen molar-refractivity contribution in [2.45, 2.75) is 50.0 Å². The number of hydrogen-bond donors (Lipinski definition) is 0. The molecule has 2 aromatic rings. The predicted molar refractivity (Wildman–Crippen MR) is 85.8 cm³/mol. The van der Waals surface area contributed by atoms with Gasteiger partial charge >= 0.3 is 0 Å². The first-order valence-electron chi connectivity index (χ1n) is 6.56. The third kappa shape index (κ3) is 3.74. The number of benzene rings is 1. The van der Waals surface area contributed by atoms with Crippen LogP contribution in [-0.2, 0) is 5.41 Å². The fourth-order valence-corrected chi connectivity index (χ4v) is 2.96. The van der Waals surface area contributed by atoms with Crippen LogP contribution in [0.4, 0.5) is 0 Å². The summed E-state index contributed by atoms with van der Waals surface area (Å²) in [4.78, 5) is 10.2. The maximum absolute atomic E-state index is 6.13. The molecular formula is C16H19ClN2S. The maximum atomic E-state index is 6.13. The van der Waals surface area contributed by atoms with Gasteiger partial charge in [0.2, 0.25) is 0 Å². The summed E-state index contributed by atoms with van der Waals surface area (Å²) in [6, 6.07) is 8.24. The summed E-state index contributed by atoms with van der Waals surface area (Å²) in [5.41, 5.74) is 2.38. The topological polar surface area (TPSA) is 25.8 Å². The van der Waals surface area contributed by atoms with Crippen molar-refractivity contribution in [2.75, 3.05) is 0 Å². The Hall–Kier alpha value is -1.06. The second kappa shape index (κ2) is 5.74. The Balaban J connectivity index is 2.39. The lowest BCUT2D eigenvalue weighted by molar-refractivity contribution is 0.538. The van der Waals surface area contributed by atoms with Crippen LogP contribution in [0.3, 0.4) is 0 Å². The minimum atomic E-state index is -0.109. The number of aromatic nitrogens is 2. The van der Waals surface area contributed by atoms with Gasteiger partial charge in [-0.2, -0.15) is 0 Å². The molecule has 0 aliphatic carbocycles. The van der Waals surface area contributed by atoms with E-state index in [1.807, 2.05) is 6.07 Å². The summed E-state index contributed by atoms with van der Waals surface area (Å²) in [7, 11) is 0. The molecule has 1 aromatic heterocycles. The second-order valence-corrected chi connectivity index (χ2v) is 7.42. The van der Waals surface area contributed by atoms with E-state index in [0.717, 1.165) is 10.9 Å². The lowest BCUT2D eigenvalue weighted by Crippen LogP contribution is -2.16. The lowest BCUT2D eigenvalue weighted by atomic mass is 9.96. The van der Waals surface area contributed by atoms with Crippen LogP contribution in [0.5, 0.6) is 0 Å². The van der Waals surface area contributed by atoms with Crippen LogP contribution in [0.15, 0.2) is 34.2 Å². The van der Waals surface area contributed by atoms with Crippen LogP contribution >= 0.6 is 23.4 Å². The maximum Gasteiger partial charge on any atom is 0.136 e.